The van der Waals surface area contributed by atoms with Crippen molar-refractivity contribution in [2.24, 2.45) is 0 Å². The van der Waals surface area contributed by atoms with E-state index in [0.29, 0.717) is 5.88 Å². The van der Waals surface area contributed by atoms with Crippen LogP contribution in [0, 0.1) is 0 Å². The van der Waals surface area contributed by atoms with Crippen molar-refractivity contribution < 1.29 is 0 Å². The fraction of sp³-hybridized carbons (Fsp3) is 0.667. The Kier molecular flexibility index (Phi) is 3.06. The summed E-state index contributed by atoms with van der Waals surface area (Å²) in [6, 6.07) is 0. The van der Waals surface area contributed by atoms with Crippen molar-refractivity contribution in [3.8, 4) is 0 Å². The van der Waals surface area contributed by atoms with Crippen LogP contribution in [0.2, 0.25) is 0 Å². The lowest BCUT2D eigenvalue weighted by molar-refractivity contribution is 0.576. The van der Waals surface area contributed by atoms with Crippen LogP contribution < -0.4 is 4.90 Å². The Balaban J connectivity index is 2.05. The van der Waals surface area contributed by atoms with Gasteiger partial charge >= 0.3 is 0 Å². The zero-order chi connectivity index (χ0) is 9.10. The number of thiazole rings is 1. The van der Waals surface area contributed by atoms with Crippen LogP contribution in [0.4, 0.5) is 5.13 Å². The van der Waals surface area contributed by atoms with Crippen LogP contribution in [0.3, 0.4) is 0 Å². The van der Waals surface area contributed by atoms with Crippen LogP contribution in [0.5, 0.6) is 0 Å². The second-order valence-electron chi connectivity index (χ2n) is 3.30. The molecular formula is C9H13ClN2S. The van der Waals surface area contributed by atoms with Crippen LogP contribution in [0.15, 0.2) is 5.38 Å². The van der Waals surface area contributed by atoms with Crippen LogP contribution in [0.1, 0.15) is 25.0 Å². The van der Waals surface area contributed by atoms with Crippen LogP contribution in [0.25, 0.3) is 0 Å². The molecule has 1 fully saturated rings. The third-order valence-corrected chi connectivity index (χ3v) is 3.53. The zero-order valence-electron chi connectivity index (χ0n) is 7.50. The molecule has 0 saturated carbocycles. The highest BCUT2D eigenvalue weighted by molar-refractivity contribution is 7.13. The predicted octanol–water partition coefficient (Wildman–Crippen LogP) is 2.87. The first-order chi connectivity index (χ1) is 6.40. The van der Waals surface area contributed by atoms with Crippen LogP contribution in [-0.4, -0.2) is 18.1 Å². The van der Waals surface area contributed by atoms with Gasteiger partial charge < -0.3 is 4.90 Å². The van der Waals surface area contributed by atoms with E-state index in [9.17, 15) is 0 Å². The van der Waals surface area contributed by atoms with E-state index in [1.165, 1.54) is 19.3 Å². The second kappa shape index (κ2) is 4.29. The number of hydrogen-bond acceptors (Lipinski definition) is 3. The molecule has 0 radical (unpaired) electrons. The van der Waals surface area contributed by atoms with E-state index in [1.807, 2.05) is 0 Å². The van der Waals surface area contributed by atoms with E-state index in [1.54, 1.807) is 11.3 Å². The summed E-state index contributed by atoms with van der Waals surface area (Å²) in [5.41, 5.74) is 1.01. The summed E-state index contributed by atoms with van der Waals surface area (Å²) in [4.78, 5) is 6.83. The van der Waals surface area contributed by atoms with E-state index >= 15 is 0 Å². The summed E-state index contributed by atoms with van der Waals surface area (Å²) >= 11 is 7.42. The van der Waals surface area contributed by atoms with Gasteiger partial charge in [-0.25, -0.2) is 4.98 Å². The van der Waals surface area contributed by atoms with Gasteiger partial charge in [0, 0.05) is 18.5 Å². The minimum atomic E-state index is 0.532. The summed E-state index contributed by atoms with van der Waals surface area (Å²) in [5.74, 6) is 0.532. The van der Waals surface area contributed by atoms with Crippen LogP contribution in [-0.2, 0) is 5.88 Å². The van der Waals surface area contributed by atoms with Gasteiger partial charge in [-0.1, -0.05) is 0 Å². The Bertz CT molecular complexity index is 268. The van der Waals surface area contributed by atoms with Gasteiger partial charge in [0.2, 0.25) is 0 Å². The fourth-order valence-electron chi connectivity index (χ4n) is 1.59. The average Bonchev–Trinajstić information content (AvgIpc) is 2.67. The molecule has 0 spiro atoms. The second-order valence-corrected chi connectivity index (χ2v) is 4.41. The van der Waals surface area contributed by atoms with Crippen molar-refractivity contribution in [3.63, 3.8) is 0 Å². The highest BCUT2D eigenvalue weighted by Gasteiger charge is 2.13. The maximum atomic E-state index is 5.70. The summed E-state index contributed by atoms with van der Waals surface area (Å²) < 4.78 is 0. The summed E-state index contributed by atoms with van der Waals surface area (Å²) in [7, 11) is 0. The number of piperidine rings is 1. The van der Waals surface area contributed by atoms with Gasteiger partial charge in [0.25, 0.3) is 0 Å². The fourth-order valence-corrected chi connectivity index (χ4v) is 2.70. The van der Waals surface area contributed by atoms with Gasteiger partial charge in [0.15, 0.2) is 5.13 Å². The lowest BCUT2D eigenvalue weighted by atomic mass is 10.1. The number of anilines is 1. The SMILES string of the molecule is ClCc1csc(N2CCCCC2)n1. The van der Waals surface area contributed by atoms with Gasteiger partial charge in [0.1, 0.15) is 0 Å². The number of nitrogens with zero attached hydrogens (tertiary/aromatic N) is 2. The highest BCUT2D eigenvalue weighted by Crippen LogP contribution is 2.24. The molecule has 1 saturated heterocycles. The molecule has 0 N–H and O–H groups in total. The van der Waals surface area contributed by atoms with Crippen molar-refractivity contribution in [1.29, 1.82) is 0 Å². The molecule has 1 aliphatic rings. The van der Waals surface area contributed by atoms with Gasteiger partial charge in [0.05, 0.1) is 11.6 Å². The van der Waals surface area contributed by atoms with Crippen molar-refractivity contribution in [1.82, 2.24) is 4.98 Å². The van der Waals surface area contributed by atoms with Crippen LogP contribution >= 0.6 is 22.9 Å². The smallest absolute Gasteiger partial charge is 0.185 e. The van der Waals surface area contributed by atoms with Crippen molar-refractivity contribution in [2.45, 2.75) is 25.1 Å². The number of aromatic nitrogens is 1. The number of halogens is 1. The summed E-state index contributed by atoms with van der Waals surface area (Å²) in [6.07, 6.45) is 3.97. The number of alkyl halides is 1. The van der Waals surface area contributed by atoms with Crippen molar-refractivity contribution >= 4 is 28.1 Å². The molecule has 1 aliphatic heterocycles. The summed E-state index contributed by atoms with van der Waals surface area (Å²) in [5, 5.41) is 3.20. The Labute approximate surface area is 87.5 Å². The monoisotopic (exact) mass is 216 g/mol. The molecule has 0 amide bonds. The topological polar surface area (TPSA) is 16.1 Å². The quantitative estimate of drug-likeness (QED) is 0.707. The number of rotatable bonds is 2. The Morgan fingerprint density at radius 3 is 2.77 bits per heavy atom. The maximum absolute atomic E-state index is 5.70. The molecular weight excluding hydrogens is 204 g/mol. The highest BCUT2D eigenvalue weighted by atomic mass is 35.5. The molecule has 0 atom stereocenters. The molecule has 0 aromatic carbocycles. The van der Waals surface area contributed by atoms with Gasteiger partial charge in [-0.15, -0.1) is 22.9 Å². The first-order valence-corrected chi connectivity index (χ1v) is 6.07. The Morgan fingerprint density at radius 2 is 2.15 bits per heavy atom. The first kappa shape index (κ1) is 9.28. The maximum Gasteiger partial charge on any atom is 0.185 e. The normalized spacial score (nSPS) is 17.8. The molecule has 2 rings (SSSR count). The molecule has 4 heteroatoms. The van der Waals surface area contributed by atoms with E-state index in [4.69, 9.17) is 11.6 Å². The molecule has 1 aromatic heterocycles. The molecule has 2 nitrogen and oxygen atoms in total. The minimum Gasteiger partial charge on any atom is -0.348 e. The first-order valence-electron chi connectivity index (χ1n) is 4.65. The largest absolute Gasteiger partial charge is 0.348 e. The molecule has 72 valence electrons. The van der Waals surface area contributed by atoms with Crippen molar-refractivity contribution in [3.05, 3.63) is 11.1 Å². The third kappa shape index (κ3) is 2.15. The lowest BCUT2D eigenvalue weighted by Gasteiger charge is -2.25. The molecule has 1 aromatic rings. The zero-order valence-corrected chi connectivity index (χ0v) is 9.07. The Hall–Kier alpha value is -0.280. The van der Waals surface area contributed by atoms with E-state index in [0.717, 1.165) is 23.9 Å². The van der Waals surface area contributed by atoms with Gasteiger partial charge in [-0.3, -0.25) is 0 Å². The standard InChI is InChI=1S/C9H13ClN2S/c10-6-8-7-13-9(11-8)12-4-2-1-3-5-12/h7H,1-6H2. The molecule has 0 bridgehead atoms. The molecule has 0 aliphatic carbocycles. The number of hydrogen-bond donors (Lipinski definition) is 0. The van der Waals surface area contributed by atoms with Gasteiger partial charge in [-0.2, -0.15) is 0 Å². The third-order valence-electron chi connectivity index (χ3n) is 2.30. The predicted molar refractivity (Wildman–Crippen MR) is 57.7 cm³/mol. The van der Waals surface area contributed by atoms with Gasteiger partial charge in [-0.05, 0) is 19.3 Å². The van der Waals surface area contributed by atoms with E-state index in [-0.39, 0.29) is 0 Å². The van der Waals surface area contributed by atoms with E-state index < -0.39 is 0 Å². The average molecular weight is 217 g/mol. The molecule has 13 heavy (non-hydrogen) atoms. The van der Waals surface area contributed by atoms with Crippen molar-refractivity contribution in [2.75, 3.05) is 18.0 Å². The minimum absolute atomic E-state index is 0.532. The molecule has 0 unspecified atom stereocenters. The molecule has 2 heterocycles. The summed E-state index contributed by atoms with van der Waals surface area (Å²) in [6.45, 7) is 2.32. The van der Waals surface area contributed by atoms with E-state index in [2.05, 4.69) is 15.3 Å². The lowest BCUT2D eigenvalue weighted by Crippen LogP contribution is -2.29. The Morgan fingerprint density at radius 1 is 1.38 bits per heavy atom.